The summed E-state index contributed by atoms with van der Waals surface area (Å²) in [6.45, 7) is -0.0437. The number of hydrogen-bond donors (Lipinski definition) is 2. The molecule has 0 spiro atoms. The molecule has 4 amide bonds. The molecule has 4 aliphatic rings. The lowest BCUT2D eigenvalue weighted by molar-refractivity contribution is -0.0831. The fourth-order valence-electron chi connectivity index (χ4n) is 11.1. The summed E-state index contributed by atoms with van der Waals surface area (Å²) in [4.78, 5) is 49.9. The van der Waals surface area contributed by atoms with Crippen LogP contribution in [0.15, 0.2) is 143 Å². The highest BCUT2D eigenvalue weighted by atomic mass is 16.5. The van der Waals surface area contributed by atoms with Gasteiger partial charge in [0.25, 0.3) is 0 Å². The quantitative estimate of drug-likeness (QED) is 0.129. The van der Waals surface area contributed by atoms with Crippen molar-refractivity contribution in [2.75, 3.05) is 28.4 Å². The Morgan fingerprint density at radius 3 is 1.21 bits per heavy atom. The van der Waals surface area contributed by atoms with E-state index in [4.69, 9.17) is 28.9 Å². The predicted molar refractivity (Wildman–Crippen MR) is 257 cm³/mol. The number of aliphatic imine (C=N–C) groups is 2. The van der Waals surface area contributed by atoms with E-state index in [9.17, 15) is 10.2 Å². The topological polar surface area (TPSA) is 149 Å². The summed E-state index contributed by atoms with van der Waals surface area (Å²) in [5.74, 6) is 1.75. The van der Waals surface area contributed by atoms with E-state index in [0.29, 0.717) is 44.9 Å². The Morgan fingerprint density at radius 1 is 0.471 bits per heavy atom. The molecule has 4 heterocycles. The van der Waals surface area contributed by atoms with Crippen LogP contribution in [-0.2, 0) is 37.5 Å². The smallest absolute Gasteiger partial charge is 0.325 e. The van der Waals surface area contributed by atoms with Gasteiger partial charge >= 0.3 is 12.1 Å². The SMILES string of the molecule is COc1ccc2ccc(OC)c3c2c1CN1C(=O)N2Cc4c(c(OC)c(N=Cc5ccccc5O)c(N=Cc5ccccc5O)c4OC)CN4C(=O)N(C3)C1(c1ccccc1)C24c1ccccc1. The van der Waals surface area contributed by atoms with Gasteiger partial charge in [0.2, 0.25) is 0 Å². The lowest BCUT2D eigenvalue weighted by Crippen LogP contribution is -2.63. The molecule has 2 saturated heterocycles. The molecule has 0 aromatic heterocycles. The molecule has 0 saturated carbocycles. The number of carbonyl (C=O) groups excluding carboxylic acids is 2. The number of benzene rings is 7. The van der Waals surface area contributed by atoms with Crippen LogP contribution in [0, 0.1) is 0 Å². The van der Waals surface area contributed by atoms with Crippen LogP contribution in [0.25, 0.3) is 10.8 Å². The Labute approximate surface area is 392 Å². The first-order chi connectivity index (χ1) is 33.2. The maximum Gasteiger partial charge on any atom is 0.325 e. The average molecular weight is 907 g/mol. The number of carbonyl (C=O) groups is 2. The summed E-state index contributed by atoms with van der Waals surface area (Å²) < 4.78 is 25.0. The van der Waals surface area contributed by atoms with Crippen LogP contribution < -0.4 is 18.9 Å². The first kappa shape index (κ1) is 42.1. The van der Waals surface area contributed by atoms with Gasteiger partial charge in [-0.15, -0.1) is 0 Å². The van der Waals surface area contributed by atoms with Gasteiger partial charge in [-0.2, -0.15) is 0 Å². The largest absolute Gasteiger partial charge is 0.507 e. The van der Waals surface area contributed by atoms with Crippen molar-refractivity contribution < 1.29 is 38.7 Å². The van der Waals surface area contributed by atoms with Gasteiger partial charge in [-0.25, -0.2) is 19.6 Å². The van der Waals surface area contributed by atoms with Crippen LogP contribution >= 0.6 is 0 Å². The average Bonchev–Trinajstić information content (AvgIpc) is 3.60. The van der Waals surface area contributed by atoms with E-state index in [0.717, 1.165) is 21.9 Å². The van der Waals surface area contributed by atoms with E-state index in [1.165, 1.54) is 26.6 Å². The zero-order valence-electron chi connectivity index (χ0n) is 37.7. The fraction of sp³-hybridized carbons (Fsp3) is 0.185. The summed E-state index contributed by atoms with van der Waals surface area (Å²) >= 11 is 0. The van der Waals surface area contributed by atoms with E-state index in [-0.39, 0.29) is 72.6 Å². The number of nitrogens with zero attached hydrogens (tertiary/aromatic N) is 6. The summed E-state index contributed by atoms with van der Waals surface area (Å²) in [6.07, 6.45) is 3.02. The number of methoxy groups -OCH3 is 4. The maximum atomic E-state index is 16.4. The number of ether oxygens (including phenoxy) is 4. The lowest BCUT2D eigenvalue weighted by Gasteiger charge is -2.50. The number of rotatable bonds is 10. The van der Waals surface area contributed by atoms with Crippen molar-refractivity contribution in [2.45, 2.75) is 37.5 Å². The van der Waals surface area contributed by atoms with Crippen molar-refractivity contribution in [1.82, 2.24) is 19.6 Å². The number of phenols is 2. The van der Waals surface area contributed by atoms with E-state index in [2.05, 4.69) is 0 Å². The standard InChI is InChI=1S/C54H46N6O8/c1-65-44-25-23-33-24-26-45(66-2)41-32-60-52(64)58-30-39-38(49(67-3)47(55-27-34-15-11-13-21-42(34)61)48(50(39)68-4)56-28-35-16-12-14-22-43(35)62)29-57-51(63)59(31-40(44)46(33)41)54(60,37-19-9-6-10-20-37)53(57,58)36-17-7-5-8-18-36/h5-28,61-62H,29-32H2,1-4H3. The molecule has 2 N–H and O–H groups in total. The van der Waals surface area contributed by atoms with Gasteiger partial charge in [0.05, 0.1) is 54.6 Å². The predicted octanol–water partition coefficient (Wildman–Crippen LogP) is 9.70. The monoisotopic (exact) mass is 906 g/mol. The number of phenolic OH excluding ortho intramolecular Hbond substituents is 2. The van der Waals surface area contributed by atoms with Gasteiger partial charge in [0, 0.05) is 56.9 Å². The second-order valence-corrected chi connectivity index (χ2v) is 16.9. The van der Waals surface area contributed by atoms with Gasteiger partial charge < -0.3 is 29.2 Å². The number of aromatic hydroxyl groups is 2. The van der Waals surface area contributed by atoms with Crippen LogP contribution in [0.3, 0.4) is 0 Å². The Balaban J connectivity index is 1.24. The molecule has 0 bridgehead atoms. The van der Waals surface area contributed by atoms with Crippen LogP contribution in [0.5, 0.6) is 34.5 Å². The van der Waals surface area contributed by atoms with E-state index < -0.39 is 11.3 Å². The minimum Gasteiger partial charge on any atom is -0.507 e. The fourth-order valence-corrected chi connectivity index (χ4v) is 11.1. The van der Waals surface area contributed by atoms with Crippen molar-refractivity contribution in [2.24, 2.45) is 9.98 Å². The Morgan fingerprint density at radius 2 is 0.838 bits per heavy atom. The molecule has 0 atom stereocenters. The molecular weight excluding hydrogens is 861 g/mol. The highest BCUT2D eigenvalue weighted by Gasteiger charge is 2.80. The number of para-hydroxylation sites is 2. The van der Waals surface area contributed by atoms with Gasteiger partial charge in [0.1, 0.15) is 34.4 Å². The van der Waals surface area contributed by atoms with Crippen molar-refractivity contribution in [1.29, 1.82) is 0 Å². The first-order valence-corrected chi connectivity index (χ1v) is 22.1. The third-order valence-corrected chi connectivity index (χ3v) is 13.9. The number of amides is 4. The zero-order chi connectivity index (χ0) is 46.9. The Hall–Kier alpha value is -8.52. The second kappa shape index (κ2) is 16.1. The van der Waals surface area contributed by atoms with Crippen LogP contribution in [0.2, 0.25) is 0 Å². The van der Waals surface area contributed by atoms with Gasteiger partial charge in [-0.1, -0.05) is 97.1 Å². The summed E-state index contributed by atoms with van der Waals surface area (Å²) in [5.41, 5.74) is 2.28. The highest BCUT2D eigenvalue weighted by Crippen LogP contribution is 2.67. The molecule has 7 aromatic rings. The van der Waals surface area contributed by atoms with Crippen molar-refractivity contribution >= 4 is 46.6 Å². The van der Waals surface area contributed by atoms with Crippen molar-refractivity contribution in [3.8, 4) is 34.5 Å². The molecule has 68 heavy (non-hydrogen) atoms. The summed E-state index contributed by atoms with van der Waals surface area (Å²) in [5, 5.41) is 23.4. The van der Waals surface area contributed by atoms with Gasteiger partial charge in [-0.3, -0.25) is 19.6 Å². The maximum absolute atomic E-state index is 16.4. The molecule has 340 valence electrons. The molecular formula is C54H46N6O8. The van der Waals surface area contributed by atoms with Crippen molar-refractivity contribution in [3.05, 3.63) is 178 Å². The molecule has 14 heteroatoms. The van der Waals surface area contributed by atoms with E-state index in [1.54, 1.807) is 72.6 Å². The van der Waals surface area contributed by atoms with Crippen LogP contribution in [0.1, 0.15) is 44.5 Å². The second-order valence-electron chi connectivity index (χ2n) is 16.9. The Kier molecular flexibility index (Phi) is 9.99. The summed E-state index contributed by atoms with van der Waals surface area (Å²) in [7, 11) is 6.29. The number of urea groups is 2. The normalized spacial score (nSPS) is 19.3. The van der Waals surface area contributed by atoms with Crippen LogP contribution in [-0.4, -0.2) is 82.7 Å². The lowest BCUT2D eigenvalue weighted by atomic mass is 9.78. The molecule has 11 rings (SSSR count). The number of hydrogen-bond acceptors (Lipinski definition) is 10. The van der Waals surface area contributed by atoms with Gasteiger partial charge in [0.15, 0.2) is 22.8 Å². The zero-order valence-corrected chi connectivity index (χ0v) is 37.7. The van der Waals surface area contributed by atoms with Crippen LogP contribution in [0.4, 0.5) is 21.0 Å². The molecule has 0 radical (unpaired) electrons. The molecule has 4 aliphatic heterocycles. The minimum absolute atomic E-state index is 0.00848. The first-order valence-electron chi connectivity index (χ1n) is 22.1. The van der Waals surface area contributed by atoms with Crippen molar-refractivity contribution in [3.63, 3.8) is 0 Å². The summed E-state index contributed by atoms with van der Waals surface area (Å²) in [6, 6.07) is 40.2. The van der Waals surface area contributed by atoms with E-state index in [1.807, 2.05) is 94.7 Å². The molecule has 2 fully saturated rings. The minimum atomic E-state index is -1.56. The third-order valence-electron chi connectivity index (χ3n) is 13.9. The molecule has 7 aromatic carbocycles. The number of fused-ring (bicyclic) bond motifs is 1. The van der Waals surface area contributed by atoms with Gasteiger partial charge in [-0.05, 0) is 47.2 Å². The highest BCUT2D eigenvalue weighted by molar-refractivity contribution is 5.98. The van der Waals surface area contributed by atoms with E-state index >= 15 is 9.59 Å². The Bertz CT molecular complexity index is 3080. The molecule has 0 aliphatic carbocycles. The third kappa shape index (κ3) is 5.76. The molecule has 14 nitrogen and oxygen atoms in total. The molecule has 0 unspecified atom stereocenters.